The lowest BCUT2D eigenvalue weighted by Gasteiger charge is -2.22. The Labute approximate surface area is 114 Å². The number of urea groups is 1. The highest BCUT2D eigenvalue weighted by Gasteiger charge is 2.18. The van der Waals surface area contributed by atoms with Crippen LogP contribution in [0.4, 0.5) is 21.9 Å². The summed E-state index contributed by atoms with van der Waals surface area (Å²) < 4.78 is 0. The average Bonchev–Trinajstić information content (AvgIpc) is 2.45. The molecule has 20 heavy (non-hydrogen) atoms. The molecule has 2 rings (SSSR count). The maximum Gasteiger partial charge on any atom is 0.338 e. The number of hydrogen-bond donors (Lipinski definition) is 2. The number of anilines is 2. The van der Waals surface area contributed by atoms with Crippen molar-refractivity contribution in [2.75, 3.05) is 10.4 Å². The Kier molecular flexibility index (Phi) is 3.80. The fourth-order valence-corrected chi connectivity index (χ4v) is 1.67. The van der Waals surface area contributed by atoms with Crippen LogP contribution < -0.4 is 16.2 Å². The van der Waals surface area contributed by atoms with Gasteiger partial charge in [-0.25, -0.2) is 9.80 Å². The highest BCUT2D eigenvalue weighted by molar-refractivity contribution is 5.93. The Morgan fingerprint density at radius 1 is 1.10 bits per heavy atom. The van der Waals surface area contributed by atoms with Crippen LogP contribution >= 0.6 is 0 Å². The first kappa shape index (κ1) is 13.3. The smallest absolute Gasteiger partial charge is 0.338 e. The lowest BCUT2D eigenvalue weighted by Crippen LogP contribution is -2.40. The molecule has 0 aliphatic heterocycles. The Morgan fingerprint density at radius 3 is 2.30 bits per heavy atom. The lowest BCUT2D eigenvalue weighted by molar-refractivity contribution is -0.384. The average molecular weight is 272 g/mol. The van der Waals surface area contributed by atoms with E-state index in [1.54, 1.807) is 42.5 Å². The van der Waals surface area contributed by atoms with Gasteiger partial charge in [-0.05, 0) is 18.2 Å². The number of amides is 2. The monoisotopic (exact) mass is 272 g/mol. The number of hydrazine groups is 1. The molecule has 7 nitrogen and oxygen atoms in total. The molecule has 0 aromatic heterocycles. The van der Waals surface area contributed by atoms with E-state index in [0.29, 0.717) is 5.69 Å². The van der Waals surface area contributed by atoms with E-state index in [1.807, 2.05) is 0 Å². The quantitative estimate of drug-likeness (QED) is 0.659. The lowest BCUT2D eigenvalue weighted by atomic mass is 10.3. The van der Waals surface area contributed by atoms with Crippen molar-refractivity contribution < 1.29 is 9.72 Å². The second kappa shape index (κ2) is 5.70. The number of nitro benzene ring substituents is 1. The third kappa shape index (κ3) is 2.83. The fraction of sp³-hybridized carbons (Fsp3) is 0. The van der Waals surface area contributed by atoms with E-state index in [1.165, 1.54) is 12.1 Å². The number of hydrogen-bond acceptors (Lipinski definition) is 4. The summed E-state index contributed by atoms with van der Waals surface area (Å²) in [7, 11) is 0. The highest BCUT2D eigenvalue weighted by atomic mass is 16.6. The third-order valence-electron chi connectivity index (χ3n) is 2.57. The zero-order chi connectivity index (χ0) is 14.5. The Morgan fingerprint density at radius 2 is 1.70 bits per heavy atom. The Bertz CT molecular complexity index is 631. The van der Waals surface area contributed by atoms with Gasteiger partial charge in [0.2, 0.25) is 0 Å². The number of nitrogens with two attached hydrogens (primary N) is 1. The van der Waals surface area contributed by atoms with E-state index in [9.17, 15) is 14.9 Å². The Balaban J connectivity index is 2.35. The minimum Gasteiger partial charge on any atom is -0.350 e. The molecule has 0 spiro atoms. The van der Waals surface area contributed by atoms with E-state index < -0.39 is 11.0 Å². The first-order valence-corrected chi connectivity index (χ1v) is 5.74. The van der Waals surface area contributed by atoms with Gasteiger partial charge in [0.1, 0.15) is 5.69 Å². The molecule has 2 aromatic carbocycles. The van der Waals surface area contributed by atoms with Crippen LogP contribution in [0, 0.1) is 10.1 Å². The molecule has 0 fully saturated rings. The van der Waals surface area contributed by atoms with Crippen molar-refractivity contribution >= 4 is 23.1 Å². The van der Waals surface area contributed by atoms with Crippen LogP contribution in [0.15, 0.2) is 54.6 Å². The molecule has 3 N–H and O–H groups in total. The largest absolute Gasteiger partial charge is 0.350 e. The molecule has 0 aliphatic carbocycles. The number of nitro groups is 1. The highest BCUT2D eigenvalue weighted by Crippen LogP contribution is 2.25. The van der Waals surface area contributed by atoms with Crippen LogP contribution in [0.1, 0.15) is 0 Å². The topological polar surface area (TPSA) is 102 Å². The van der Waals surface area contributed by atoms with Crippen molar-refractivity contribution in [1.29, 1.82) is 0 Å². The standard InChI is InChI=1S/C13H12N4O3/c14-13(18)16(10-6-2-1-3-7-10)15-11-8-4-5-9-12(11)17(19)20/h1-9,15H,(H2,14,18). The van der Waals surface area contributed by atoms with Gasteiger partial charge < -0.3 is 5.73 Å². The number of nitrogens with zero attached hydrogens (tertiary/aromatic N) is 2. The minimum atomic E-state index is -0.769. The summed E-state index contributed by atoms with van der Waals surface area (Å²) in [5.74, 6) is 0. The summed E-state index contributed by atoms with van der Waals surface area (Å²) in [4.78, 5) is 21.9. The summed E-state index contributed by atoms with van der Waals surface area (Å²) in [6.07, 6.45) is 0. The van der Waals surface area contributed by atoms with Crippen LogP contribution in [0.3, 0.4) is 0 Å². The van der Waals surface area contributed by atoms with Crippen LogP contribution in [0.2, 0.25) is 0 Å². The van der Waals surface area contributed by atoms with Gasteiger partial charge in [-0.15, -0.1) is 0 Å². The molecule has 0 aliphatic rings. The molecule has 0 atom stereocenters. The summed E-state index contributed by atoms with van der Waals surface area (Å²) in [5.41, 5.74) is 8.48. The summed E-state index contributed by atoms with van der Waals surface area (Å²) in [6.45, 7) is 0. The van der Waals surface area contributed by atoms with Crippen molar-refractivity contribution in [3.05, 3.63) is 64.7 Å². The summed E-state index contributed by atoms with van der Waals surface area (Å²) in [5, 5.41) is 12.0. The van der Waals surface area contributed by atoms with Gasteiger partial charge in [0.15, 0.2) is 0 Å². The summed E-state index contributed by atoms with van der Waals surface area (Å²) in [6, 6.07) is 13.8. The first-order chi connectivity index (χ1) is 9.59. The number of carbonyl (C=O) groups excluding carboxylic acids is 1. The van der Waals surface area contributed by atoms with Gasteiger partial charge in [-0.2, -0.15) is 0 Å². The van der Waals surface area contributed by atoms with Crippen molar-refractivity contribution in [1.82, 2.24) is 0 Å². The second-order valence-corrected chi connectivity index (χ2v) is 3.90. The second-order valence-electron chi connectivity index (χ2n) is 3.90. The zero-order valence-electron chi connectivity index (χ0n) is 10.4. The molecular formula is C13H12N4O3. The fourth-order valence-electron chi connectivity index (χ4n) is 1.67. The van der Waals surface area contributed by atoms with Crippen molar-refractivity contribution in [2.24, 2.45) is 5.73 Å². The number of para-hydroxylation sites is 3. The van der Waals surface area contributed by atoms with E-state index >= 15 is 0 Å². The van der Waals surface area contributed by atoms with Gasteiger partial charge in [0, 0.05) is 6.07 Å². The molecule has 0 saturated carbocycles. The molecule has 0 unspecified atom stereocenters. The number of benzene rings is 2. The van der Waals surface area contributed by atoms with E-state index in [-0.39, 0.29) is 11.4 Å². The SMILES string of the molecule is NC(=O)N(Nc1ccccc1[N+](=O)[O-])c1ccccc1. The van der Waals surface area contributed by atoms with Crippen molar-refractivity contribution in [3.63, 3.8) is 0 Å². The number of rotatable bonds is 4. The van der Waals surface area contributed by atoms with Gasteiger partial charge in [-0.1, -0.05) is 30.3 Å². The van der Waals surface area contributed by atoms with Gasteiger partial charge in [0.05, 0.1) is 10.6 Å². The van der Waals surface area contributed by atoms with Crippen LogP contribution in [-0.4, -0.2) is 11.0 Å². The molecule has 0 heterocycles. The normalized spacial score (nSPS) is 9.80. The van der Waals surface area contributed by atoms with Crippen LogP contribution in [-0.2, 0) is 0 Å². The van der Waals surface area contributed by atoms with Crippen molar-refractivity contribution in [2.45, 2.75) is 0 Å². The molecule has 102 valence electrons. The summed E-state index contributed by atoms with van der Waals surface area (Å²) >= 11 is 0. The van der Waals surface area contributed by atoms with Crippen LogP contribution in [0.5, 0.6) is 0 Å². The van der Waals surface area contributed by atoms with E-state index in [4.69, 9.17) is 5.73 Å². The van der Waals surface area contributed by atoms with Gasteiger partial charge in [-0.3, -0.25) is 15.5 Å². The molecule has 0 saturated heterocycles. The number of carbonyl (C=O) groups is 1. The molecule has 2 aromatic rings. The predicted octanol–water partition coefficient (Wildman–Crippen LogP) is 2.51. The molecule has 7 heteroatoms. The molecule has 0 bridgehead atoms. The maximum absolute atomic E-state index is 11.5. The molecule has 2 amide bonds. The molecule has 0 radical (unpaired) electrons. The van der Waals surface area contributed by atoms with Crippen LogP contribution in [0.25, 0.3) is 0 Å². The Hall–Kier alpha value is -3.09. The zero-order valence-corrected chi connectivity index (χ0v) is 10.4. The third-order valence-corrected chi connectivity index (χ3v) is 2.57. The van der Waals surface area contributed by atoms with E-state index in [2.05, 4.69) is 5.43 Å². The predicted molar refractivity (Wildman–Crippen MR) is 75.2 cm³/mol. The number of nitrogens with one attached hydrogen (secondary N) is 1. The van der Waals surface area contributed by atoms with E-state index in [0.717, 1.165) is 5.01 Å². The van der Waals surface area contributed by atoms with Gasteiger partial charge in [0.25, 0.3) is 5.69 Å². The van der Waals surface area contributed by atoms with Gasteiger partial charge >= 0.3 is 6.03 Å². The number of primary amides is 1. The maximum atomic E-state index is 11.5. The first-order valence-electron chi connectivity index (χ1n) is 5.74. The minimum absolute atomic E-state index is 0.144. The molecular weight excluding hydrogens is 260 g/mol. The van der Waals surface area contributed by atoms with Crippen molar-refractivity contribution in [3.8, 4) is 0 Å².